The van der Waals surface area contributed by atoms with Crippen LogP contribution in [0.15, 0.2) is 53.4 Å². The van der Waals surface area contributed by atoms with Crippen LogP contribution in [-0.2, 0) is 10.0 Å². The first-order chi connectivity index (χ1) is 13.0. The van der Waals surface area contributed by atoms with Crippen LogP contribution in [0.3, 0.4) is 0 Å². The zero-order chi connectivity index (χ0) is 19.1. The fourth-order valence-corrected chi connectivity index (χ4v) is 4.10. The summed E-state index contributed by atoms with van der Waals surface area (Å²) < 4.78 is 33.3. The summed E-state index contributed by atoms with van der Waals surface area (Å²) in [6.07, 6.45) is 0.799. The Bertz CT molecular complexity index is 842. The molecule has 3 rings (SSSR count). The van der Waals surface area contributed by atoms with Crippen LogP contribution >= 0.6 is 24.8 Å². The number of hydrogen-bond acceptors (Lipinski definition) is 5. The van der Waals surface area contributed by atoms with Crippen molar-refractivity contribution >= 4 is 34.8 Å². The monoisotopic (exact) mass is 461 g/mol. The Morgan fingerprint density at radius 3 is 2.38 bits per heavy atom. The van der Waals surface area contributed by atoms with E-state index in [1.165, 1.54) is 0 Å². The minimum atomic E-state index is -3.50. The molecule has 29 heavy (non-hydrogen) atoms. The molecule has 1 saturated heterocycles. The Kier molecular flexibility index (Phi) is 11.0. The highest BCUT2D eigenvalue weighted by Crippen LogP contribution is 2.23. The average Bonchev–Trinajstić information content (AvgIpc) is 2.67. The van der Waals surface area contributed by atoms with Gasteiger partial charge in [0.2, 0.25) is 10.0 Å². The molecule has 0 bridgehead atoms. The standard InChI is InChI=1S/C20H27N3O3S.2ClH/c1-17-4-2-5-19(16-17)26-18-6-8-20(9-7-18)27(24,25)22-10-3-13-23-14-11-21-12-15-23;;/h2,4-9,16,21-22H,3,10-15H2,1H3;2*1H. The molecule has 0 amide bonds. The molecule has 0 aromatic heterocycles. The predicted octanol–water partition coefficient (Wildman–Crippen LogP) is 3.20. The summed E-state index contributed by atoms with van der Waals surface area (Å²) in [6, 6.07) is 14.2. The van der Waals surface area contributed by atoms with Crippen molar-refractivity contribution in [2.45, 2.75) is 18.2 Å². The quantitative estimate of drug-likeness (QED) is 0.590. The number of benzene rings is 2. The predicted molar refractivity (Wildman–Crippen MR) is 121 cm³/mol. The Morgan fingerprint density at radius 2 is 1.72 bits per heavy atom. The van der Waals surface area contributed by atoms with Gasteiger partial charge in [0.1, 0.15) is 11.5 Å². The topological polar surface area (TPSA) is 70.7 Å². The van der Waals surface area contributed by atoms with E-state index in [0.29, 0.717) is 12.3 Å². The van der Waals surface area contributed by atoms with Crippen LogP contribution in [0.5, 0.6) is 11.5 Å². The number of nitrogens with one attached hydrogen (secondary N) is 2. The van der Waals surface area contributed by atoms with Crippen molar-refractivity contribution in [1.29, 1.82) is 0 Å². The molecule has 0 atom stereocenters. The zero-order valence-corrected chi connectivity index (χ0v) is 18.9. The zero-order valence-electron chi connectivity index (χ0n) is 16.5. The third kappa shape index (κ3) is 8.12. The van der Waals surface area contributed by atoms with Gasteiger partial charge in [-0.25, -0.2) is 13.1 Å². The number of ether oxygens (including phenoxy) is 1. The molecule has 0 unspecified atom stereocenters. The van der Waals surface area contributed by atoms with Crippen molar-refractivity contribution in [1.82, 2.24) is 14.9 Å². The molecule has 2 N–H and O–H groups in total. The van der Waals surface area contributed by atoms with Gasteiger partial charge in [0.25, 0.3) is 0 Å². The summed E-state index contributed by atoms with van der Waals surface area (Å²) in [4.78, 5) is 2.60. The van der Waals surface area contributed by atoms with E-state index < -0.39 is 10.0 Å². The van der Waals surface area contributed by atoms with Crippen molar-refractivity contribution in [2.75, 3.05) is 39.3 Å². The number of halogens is 2. The van der Waals surface area contributed by atoms with E-state index in [2.05, 4.69) is 14.9 Å². The molecule has 1 heterocycles. The molecule has 1 aliphatic rings. The van der Waals surface area contributed by atoms with Crippen molar-refractivity contribution in [3.8, 4) is 11.5 Å². The third-order valence-electron chi connectivity index (χ3n) is 4.51. The van der Waals surface area contributed by atoms with Crippen molar-refractivity contribution in [3.63, 3.8) is 0 Å². The number of rotatable bonds is 8. The highest BCUT2D eigenvalue weighted by molar-refractivity contribution is 7.89. The maximum absolute atomic E-state index is 12.4. The van der Waals surface area contributed by atoms with Gasteiger partial charge in [0, 0.05) is 32.7 Å². The van der Waals surface area contributed by atoms with Crippen LogP contribution in [0, 0.1) is 6.92 Å². The van der Waals surface area contributed by atoms with Gasteiger partial charge in [-0.15, -0.1) is 24.8 Å². The molecule has 1 fully saturated rings. The first kappa shape index (κ1) is 25.7. The molecule has 6 nitrogen and oxygen atoms in total. The first-order valence-electron chi connectivity index (χ1n) is 9.30. The lowest BCUT2D eigenvalue weighted by Gasteiger charge is -2.27. The van der Waals surface area contributed by atoms with Crippen LogP contribution < -0.4 is 14.8 Å². The van der Waals surface area contributed by atoms with E-state index in [-0.39, 0.29) is 29.7 Å². The van der Waals surface area contributed by atoms with Gasteiger partial charge in [0.15, 0.2) is 0 Å². The van der Waals surface area contributed by atoms with Crippen molar-refractivity contribution < 1.29 is 13.2 Å². The van der Waals surface area contributed by atoms with Crippen molar-refractivity contribution in [3.05, 3.63) is 54.1 Å². The van der Waals surface area contributed by atoms with Gasteiger partial charge < -0.3 is 15.0 Å². The second kappa shape index (κ2) is 12.4. The summed E-state index contributed by atoms with van der Waals surface area (Å²) in [5.41, 5.74) is 1.11. The lowest BCUT2D eigenvalue weighted by Crippen LogP contribution is -2.44. The maximum atomic E-state index is 12.4. The van der Waals surface area contributed by atoms with Gasteiger partial charge in [-0.1, -0.05) is 12.1 Å². The number of hydrogen-bond donors (Lipinski definition) is 2. The molecular formula is C20H29Cl2N3O3S. The van der Waals surface area contributed by atoms with Crippen LogP contribution in [0.4, 0.5) is 0 Å². The Hall–Kier alpha value is -1.35. The molecule has 2 aromatic carbocycles. The van der Waals surface area contributed by atoms with E-state index in [0.717, 1.165) is 50.5 Å². The number of piperazine rings is 1. The average molecular weight is 462 g/mol. The van der Waals surface area contributed by atoms with E-state index in [4.69, 9.17) is 4.74 Å². The lowest BCUT2D eigenvalue weighted by atomic mass is 10.2. The minimum Gasteiger partial charge on any atom is -0.457 e. The Morgan fingerprint density at radius 1 is 1.03 bits per heavy atom. The second-order valence-electron chi connectivity index (χ2n) is 6.73. The highest BCUT2D eigenvalue weighted by Gasteiger charge is 2.14. The van der Waals surface area contributed by atoms with Crippen LogP contribution in [0.2, 0.25) is 0 Å². The fraction of sp³-hybridized carbons (Fsp3) is 0.400. The summed E-state index contributed by atoms with van der Waals surface area (Å²) in [7, 11) is -3.50. The highest BCUT2D eigenvalue weighted by atomic mass is 35.5. The molecule has 0 aliphatic carbocycles. The first-order valence-corrected chi connectivity index (χ1v) is 10.8. The molecule has 9 heteroatoms. The largest absolute Gasteiger partial charge is 0.457 e. The van der Waals surface area contributed by atoms with Gasteiger partial charge in [-0.3, -0.25) is 0 Å². The smallest absolute Gasteiger partial charge is 0.240 e. The van der Waals surface area contributed by atoms with Crippen LogP contribution in [0.25, 0.3) is 0 Å². The molecule has 0 saturated carbocycles. The Labute approximate surface area is 185 Å². The van der Waals surface area contributed by atoms with Gasteiger partial charge in [0.05, 0.1) is 4.90 Å². The lowest BCUT2D eigenvalue weighted by molar-refractivity contribution is 0.239. The summed E-state index contributed by atoms with van der Waals surface area (Å²) in [6.45, 7) is 7.40. The van der Waals surface area contributed by atoms with E-state index in [1.807, 2.05) is 31.2 Å². The maximum Gasteiger partial charge on any atom is 0.240 e. The Balaban J connectivity index is 0.00000210. The fourth-order valence-electron chi connectivity index (χ4n) is 3.03. The minimum absolute atomic E-state index is 0. The van der Waals surface area contributed by atoms with Gasteiger partial charge in [-0.2, -0.15) is 0 Å². The molecule has 0 radical (unpaired) electrons. The normalized spacial score (nSPS) is 14.5. The summed E-state index contributed by atoms with van der Waals surface area (Å²) in [5, 5.41) is 3.31. The SMILES string of the molecule is Cc1cccc(Oc2ccc(S(=O)(=O)NCCCN3CCNCC3)cc2)c1.Cl.Cl. The van der Waals surface area contributed by atoms with E-state index in [1.54, 1.807) is 24.3 Å². The van der Waals surface area contributed by atoms with E-state index in [9.17, 15) is 8.42 Å². The summed E-state index contributed by atoms with van der Waals surface area (Å²) >= 11 is 0. The van der Waals surface area contributed by atoms with Crippen molar-refractivity contribution in [2.24, 2.45) is 0 Å². The van der Waals surface area contributed by atoms with Gasteiger partial charge >= 0.3 is 0 Å². The third-order valence-corrected chi connectivity index (χ3v) is 5.99. The number of nitrogens with zero attached hydrogens (tertiary/aromatic N) is 1. The molecule has 2 aromatic rings. The summed E-state index contributed by atoms with van der Waals surface area (Å²) in [5.74, 6) is 1.34. The molecule has 1 aliphatic heterocycles. The van der Waals surface area contributed by atoms with Crippen LogP contribution in [-0.4, -0.2) is 52.6 Å². The molecule has 162 valence electrons. The number of aryl methyl sites for hydroxylation is 1. The molecular weight excluding hydrogens is 433 g/mol. The number of sulfonamides is 1. The molecule has 0 spiro atoms. The van der Waals surface area contributed by atoms with Gasteiger partial charge in [-0.05, 0) is 61.9 Å². The van der Waals surface area contributed by atoms with E-state index >= 15 is 0 Å². The second-order valence-corrected chi connectivity index (χ2v) is 8.50. The van der Waals surface area contributed by atoms with Crippen LogP contribution in [0.1, 0.15) is 12.0 Å².